The van der Waals surface area contributed by atoms with E-state index in [1.807, 2.05) is 25.1 Å². The molecule has 2 aliphatic heterocycles. The summed E-state index contributed by atoms with van der Waals surface area (Å²) in [6, 6.07) is 10.6. The second kappa shape index (κ2) is 8.81. The monoisotopic (exact) mass is 450 g/mol. The summed E-state index contributed by atoms with van der Waals surface area (Å²) in [7, 11) is -3.89. The standard InChI is InChI=1S/C21H24FN3O5S/c1-15(21(26)23-13-16-6-7-18-19(12-16)30-14-29-18)24-8-10-25(11-9-24)31(27,28)20-5-3-2-4-17(20)22/h2-7,12,15H,8-11,13-14H2,1H3,(H,23,26)/p+1/t15-/m0/s1. The van der Waals surface area contributed by atoms with E-state index < -0.39 is 15.8 Å². The maximum atomic E-state index is 14.0. The van der Waals surface area contributed by atoms with Gasteiger partial charge in [0.25, 0.3) is 5.91 Å². The van der Waals surface area contributed by atoms with Gasteiger partial charge in [0.05, 0.1) is 26.2 Å². The van der Waals surface area contributed by atoms with Gasteiger partial charge in [-0.2, -0.15) is 4.31 Å². The molecule has 8 nitrogen and oxygen atoms in total. The third-order valence-corrected chi connectivity index (χ3v) is 7.66. The van der Waals surface area contributed by atoms with Gasteiger partial charge in [-0.25, -0.2) is 12.8 Å². The van der Waals surface area contributed by atoms with Gasteiger partial charge < -0.3 is 19.7 Å². The van der Waals surface area contributed by atoms with E-state index in [1.165, 1.54) is 22.5 Å². The van der Waals surface area contributed by atoms with Crippen LogP contribution in [0.1, 0.15) is 12.5 Å². The van der Waals surface area contributed by atoms with E-state index >= 15 is 0 Å². The van der Waals surface area contributed by atoms with E-state index in [4.69, 9.17) is 9.47 Å². The van der Waals surface area contributed by atoms with Crippen molar-refractivity contribution in [3.63, 3.8) is 0 Å². The first-order valence-corrected chi connectivity index (χ1v) is 11.6. The minimum Gasteiger partial charge on any atom is -0.454 e. The van der Waals surface area contributed by atoms with Crippen LogP contribution in [0.4, 0.5) is 4.39 Å². The number of piperazine rings is 1. The number of carbonyl (C=O) groups is 1. The van der Waals surface area contributed by atoms with Crippen molar-refractivity contribution in [1.29, 1.82) is 0 Å². The highest BCUT2D eigenvalue weighted by Crippen LogP contribution is 2.32. The number of hydrogen-bond acceptors (Lipinski definition) is 5. The molecular formula is C21H25FN3O5S+. The number of ether oxygens (including phenoxy) is 2. The van der Waals surface area contributed by atoms with Gasteiger partial charge in [-0.05, 0) is 36.8 Å². The highest BCUT2D eigenvalue weighted by atomic mass is 32.2. The Balaban J connectivity index is 1.31. The highest BCUT2D eigenvalue weighted by molar-refractivity contribution is 7.89. The number of halogens is 1. The molecule has 1 amide bonds. The van der Waals surface area contributed by atoms with Crippen LogP contribution in [-0.2, 0) is 21.4 Å². The molecule has 0 unspecified atom stereocenters. The van der Waals surface area contributed by atoms with Gasteiger partial charge in [-0.1, -0.05) is 18.2 Å². The molecule has 0 saturated carbocycles. The van der Waals surface area contributed by atoms with Crippen LogP contribution in [-0.4, -0.2) is 57.6 Å². The van der Waals surface area contributed by atoms with Crippen LogP contribution in [0.2, 0.25) is 0 Å². The van der Waals surface area contributed by atoms with Crippen LogP contribution in [0.3, 0.4) is 0 Å². The number of sulfonamides is 1. The van der Waals surface area contributed by atoms with Gasteiger partial charge in [0.1, 0.15) is 10.7 Å². The van der Waals surface area contributed by atoms with Gasteiger partial charge in [0.15, 0.2) is 17.5 Å². The Hall–Kier alpha value is -2.69. The number of nitrogens with one attached hydrogen (secondary N) is 2. The molecule has 1 fully saturated rings. The first-order chi connectivity index (χ1) is 14.9. The van der Waals surface area contributed by atoms with Crippen molar-refractivity contribution in [3.8, 4) is 11.5 Å². The zero-order valence-electron chi connectivity index (χ0n) is 17.1. The number of nitrogens with zero attached hydrogens (tertiary/aromatic N) is 1. The number of amides is 1. The lowest BCUT2D eigenvalue weighted by Crippen LogP contribution is -3.19. The smallest absolute Gasteiger partial charge is 0.278 e. The number of hydrogen-bond donors (Lipinski definition) is 2. The maximum Gasteiger partial charge on any atom is 0.278 e. The zero-order chi connectivity index (χ0) is 22.0. The molecule has 0 aromatic heterocycles. The fraction of sp³-hybridized carbons (Fsp3) is 0.381. The Morgan fingerprint density at radius 1 is 1.16 bits per heavy atom. The molecule has 0 spiro atoms. The minimum absolute atomic E-state index is 0.113. The van der Waals surface area contributed by atoms with Crippen molar-refractivity contribution in [2.24, 2.45) is 0 Å². The molecule has 4 rings (SSSR count). The van der Waals surface area contributed by atoms with Gasteiger partial charge >= 0.3 is 0 Å². The summed E-state index contributed by atoms with van der Waals surface area (Å²) in [5.74, 6) is 0.486. The van der Waals surface area contributed by atoms with Crippen molar-refractivity contribution in [1.82, 2.24) is 9.62 Å². The average molecular weight is 451 g/mol. The first-order valence-electron chi connectivity index (χ1n) is 10.1. The summed E-state index contributed by atoms with van der Waals surface area (Å²) < 4.78 is 51.4. The third kappa shape index (κ3) is 4.51. The van der Waals surface area contributed by atoms with E-state index in [0.717, 1.165) is 16.5 Å². The van der Waals surface area contributed by atoms with E-state index in [1.54, 1.807) is 0 Å². The predicted octanol–water partition coefficient (Wildman–Crippen LogP) is 0.149. The van der Waals surface area contributed by atoms with Crippen LogP contribution >= 0.6 is 0 Å². The van der Waals surface area contributed by atoms with Crippen molar-refractivity contribution >= 4 is 15.9 Å². The van der Waals surface area contributed by atoms with Crippen molar-refractivity contribution in [2.75, 3.05) is 33.0 Å². The molecule has 0 bridgehead atoms. The number of quaternary nitrogens is 1. The molecule has 1 saturated heterocycles. The summed E-state index contributed by atoms with van der Waals surface area (Å²) >= 11 is 0. The topological polar surface area (TPSA) is 89.4 Å². The molecule has 2 N–H and O–H groups in total. The largest absolute Gasteiger partial charge is 0.454 e. The lowest BCUT2D eigenvalue weighted by Gasteiger charge is -2.34. The second-order valence-electron chi connectivity index (χ2n) is 7.62. The van der Waals surface area contributed by atoms with Crippen molar-refractivity contribution < 1.29 is 32.0 Å². The van der Waals surface area contributed by atoms with Gasteiger partial charge in [-0.3, -0.25) is 4.79 Å². The van der Waals surface area contributed by atoms with Gasteiger partial charge in [0, 0.05) is 6.54 Å². The number of rotatable bonds is 6. The Kier molecular flexibility index (Phi) is 6.12. The first kappa shape index (κ1) is 21.5. The van der Waals surface area contributed by atoms with Gasteiger partial charge in [0.2, 0.25) is 16.8 Å². The SMILES string of the molecule is C[C@@H](C(=O)NCc1ccc2c(c1)OCO2)[NH+]1CCN(S(=O)(=O)c2ccccc2F)CC1. The summed E-state index contributed by atoms with van der Waals surface area (Å²) in [5.41, 5.74) is 0.903. The fourth-order valence-corrected chi connectivity index (χ4v) is 5.32. The summed E-state index contributed by atoms with van der Waals surface area (Å²) in [5, 5.41) is 2.92. The van der Waals surface area contributed by atoms with E-state index in [9.17, 15) is 17.6 Å². The van der Waals surface area contributed by atoms with E-state index in [-0.39, 0.29) is 36.7 Å². The third-order valence-electron chi connectivity index (χ3n) is 5.73. The molecule has 1 atom stereocenters. The molecule has 0 radical (unpaired) electrons. The Morgan fingerprint density at radius 2 is 1.87 bits per heavy atom. The Labute approximate surface area is 180 Å². The maximum absolute atomic E-state index is 14.0. The lowest BCUT2D eigenvalue weighted by atomic mass is 10.2. The van der Waals surface area contributed by atoms with Crippen LogP contribution < -0.4 is 19.7 Å². The molecule has 2 aliphatic rings. The molecule has 10 heteroatoms. The molecule has 31 heavy (non-hydrogen) atoms. The summed E-state index contributed by atoms with van der Waals surface area (Å²) in [6.45, 7) is 3.77. The van der Waals surface area contributed by atoms with Gasteiger partial charge in [-0.15, -0.1) is 0 Å². The second-order valence-corrected chi connectivity index (χ2v) is 9.53. The Bertz CT molecular complexity index is 1070. The van der Waals surface area contributed by atoms with Crippen LogP contribution in [0.25, 0.3) is 0 Å². The molecular weight excluding hydrogens is 425 g/mol. The minimum atomic E-state index is -3.89. The zero-order valence-corrected chi connectivity index (χ0v) is 18.0. The van der Waals surface area contributed by atoms with Crippen molar-refractivity contribution in [3.05, 3.63) is 53.8 Å². The van der Waals surface area contributed by atoms with Crippen LogP contribution in [0.15, 0.2) is 47.4 Å². The lowest BCUT2D eigenvalue weighted by molar-refractivity contribution is -0.917. The molecule has 166 valence electrons. The molecule has 0 aliphatic carbocycles. The molecule has 2 heterocycles. The fourth-order valence-electron chi connectivity index (χ4n) is 3.82. The van der Waals surface area contributed by atoms with E-state index in [0.29, 0.717) is 31.1 Å². The summed E-state index contributed by atoms with van der Waals surface area (Å²) in [4.78, 5) is 13.3. The average Bonchev–Trinajstić information content (AvgIpc) is 3.25. The molecule has 2 aromatic rings. The predicted molar refractivity (Wildman–Crippen MR) is 110 cm³/mol. The number of carbonyl (C=O) groups excluding carboxylic acids is 1. The van der Waals surface area contributed by atoms with Crippen LogP contribution in [0, 0.1) is 5.82 Å². The molecule has 2 aromatic carbocycles. The van der Waals surface area contributed by atoms with Crippen LogP contribution in [0.5, 0.6) is 11.5 Å². The summed E-state index contributed by atoms with van der Waals surface area (Å²) in [6.07, 6.45) is 0. The quantitative estimate of drug-likeness (QED) is 0.654. The highest BCUT2D eigenvalue weighted by Gasteiger charge is 2.35. The normalized spacial score (nSPS) is 18.0. The van der Waals surface area contributed by atoms with Crippen molar-refractivity contribution in [2.45, 2.75) is 24.4 Å². The number of benzene rings is 2. The Morgan fingerprint density at radius 3 is 2.61 bits per heavy atom. The number of fused-ring (bicyclic) bond motifs is 1. The van der Waals surface area contributed by atoms with E-state index in [2.05, 4.69) is 5.32 Å².